The Balaban J connectivity index is 2.86. The number of carbonyl (C=O) groups excluding carboxylic acids is 1. The second kappa shape index (κ2) is 6.26. The molecule has 18 heavy (non-hydrogen) atoms. The fraction of sp³-hybridized carbons (Fsp3) is 0.462. The Morgan fingerprint density at radius 3 is 2.72 bits per heavy atom. The molecule has 4 N–H and O–H groups in total. The number of amides is 1. The summed E-state index contributed by atoms with van der Waals surface area (Å²) in [5.41, 5.74) is 7.61. The number of hydrogen-bond acceptors (Lipinski definition) is 4. The van der Waals surface area contributed by atoms with Gasteiger partial charge in [-0.1, -0.05) is 0 Å². The summed E-state index contributed by atoms with van der Waals surface area (Å²) in [4.78, 5) is 13.5. The molecule has 1 atom stereocenters. The van der Waals surface area contributed by atoms with Crippen molar-refractivity contribution in [3.8, 4) is 0 Å². The summed E-state index contributed by atoms with van der Waals surface area (Å²) in [5.74, 6) is -0.0745. The summed E-state index contributed by atoms with van der Waals surface area (Å²) >= 11 is 0. The second-order valence-electron chi connectivity index (χ2n) is 4.57. The lowest BCUT2D eigenvalue weighted by atomic mass is 10.1. The molecular formula is C13H21N3O2. The number of nitrogen functional groups attached to an aromatic ring is 1. The van der Waals surface area contributed by atoms with Gasteiger partial charge in [0.15, 0.2) is 0 Å². The number of nitrogens with one attached hydrogen (secondary N) is 1. The van der Waals surface area contributed by atoms with Crippen molar-refractivity contribution in [1.82, 2.24) is 4.90 Å². The van der Waals surface area contributed by atoms with Crippen LogP contribution in [-0.4, -0.2) is 42.7 Å². The molecule has 1 aromatic carbocycles. The highest BCUT2D eigenvalue weighted by atomic mass is 16.3. The van der Waals surface area contributed by atoms with Crippen LogP contribution in [0, 0.1) is 0 Å². The van der Waals surface area contributed by atoms with Crippen molar-refractivity contribution in [2.75, 3.05) is 31.7 Å². The number of nitrogens with two attached hydrogens (primary N) is 1. The largest absolute Gasteiger partial charge is 0.399 e. The van der Waals surface area contributed by atoms with Crippen LogP contribution < -0.4 is 11.1 Å². The molecule has 0 aromatic heterocycles. The van der Waals surface area contributed by atoms with Gasteiger partial charge in [0.1, 0.15) is 0 Å². The molecule has 1 amide bonds. The van der Waals surface area contributed by atoms with E-state index in [1.807, 2.05) is 0 Å². The number of nitrogens with zero attached hydrogens (tertiary/aromatic N) is 1. The highest BCUT2D eigenvalue weighted by molar-refractivity contribution is 5.99. The van der Waals surface area contributed by atoms with Crippen LogP contribution in [0.3, 0.4) is 0 Å². The van der Waals surface area contributed by atoms with Gasteiger partial charge < -0.3 is 21.1 Å². The molecule has 1 unspecified atom stereocenters. The van der Waals surface area contributed by atoms with E-state index in [9.17, 15) is 9.90 Å². The minimum atomic E-state index is -0.369. The molecular weight excluding hydrogens is 230 g/mol. The normalized spacial score (nSPS) is 12.0. The number of rotatable bonds is 5. The molecule has 0 spiro atoms. The molecule has 5 heteroatoms. The lowest BCUT2D eigenvalue weighted by Gasteiger charge is -2.16. The Morgan fingerprint density at radius 1 is 1.50 bits per heavy atom. The Bertz CT molecular complexity index is 417. The Hall–Kier alpha value is -1.75. The van der Waals surface area contributed by atoms with E-state index in [-0.39, 0.29) is 12.0 Å². The molecule has 5 nitrogen and oxygen atoms in total. The number of aliphatic hydroxyl groups excluding tert-OH is 1. The van der Waals surface area contributed by atoms with Crippen LogP contribution in [0.15, 0.2) is 18.2 Å². The van der Waals surface area contributed by atoms with Gasteiger partial charge in [-0.15, -0.1) is 0 Å². The van der Waals surface area contributed by atoms with Gasteiger partial charge in [-0.05, 0) is 31.5 Å². The zero-order valence-corrected chi connectivity index (χ0v) is 11.1. The predicted octanol–water partition coefficient (Wildman–Crippen LogP) is 1.15. The monoisotopic (exact) mass is 251 g/mol. The van der Waals surface area contributed by atoms with Crippen molar-refractivity contribution in [3.63, 3.8) is 0 Å². The Kier molecular flexibility index (Phi) is 4.97. The first-order chi connectivity index (χ1) is 8.41. The number of anilines is 2. The van der Waals surface area contributed by atoms with Crippen molar-refractivity contribution in [2.45, 2.75) is 19.4 Å². The van der Waals surface area contributed by atoms with Gasteiger partial charge >= 0.3 is 0 Å². The van der Waals surface area contributed by atoms with Gasteiger partial charge in [0, 0.05) is 32.0 Å². The van der Waals surface area contributed by atoms with Crippen LogP contribution in [0.1, 0.15) is 23.7 Å². The van der Waals surface area contributed by atoms with Crippen LogP contribution in [0.4, 0.5) is 11.4 Å². The molecule has 0 bridgehead atoms. The van der Waals surface area contributed by atoms with E-state index in [1.54, 1.807) is 39.2 Å². The molecule has 0 heterocycles. The third kappa shape index (κ3) is 3.92. The summed E-state index contributed by atoms with van der Waals surface area (Å²) in [6.45, 7) is 2.32. The average Bonchev–Trinajstić information content (AvgIpc) is 2.27. The Labute approximate surface area is 108 Å². The predicted molar refractivity (Wildman–Crippen MR) is 73.7 cm³/mol. The van der Waals surface area contributed by atoms with E-state index in [2.05, 4.69) is 5.32 Å². The number of carbonyl (C=O) groups is 1. The van der Waals surface area contributed by atoms with E-state index in [4.69, 9.17) is 5.73 Å². The van der Waals surface area contributed by atoms with Crippen LogP contribution in [0.25, 0.3) is 0 Å². The van der Waals surface area contributed by atoms with Gasteiger partial charge in [0.05, 0.1) is 11.7 Å². The maximum Gasteiger partial charge on any atom is 0.255 e. The zero-order valence-electron chi connectivity index (χ0n) is 11.1. The average molecular weight is 251 g/mol. The standard InChI is InChI=1S/C13H21N3O2/c1-9(17)6-7-15-12-8-10(14)4-5-11(12)13(18)16(2)3/h4-5,8-9,15,17H,6-7,14H2,1-3H3. The van der Waals surface area contributed by atoms with Gasteiger partial charge in [0.2, 0.25) is 0 Å². The van der Waals surface area contributed by atoms with Crippen molar-refractivity contribution < 1.29 is 9.90 Å². The van der Waals surface area contributed by atoms with E-state index in [0.29, 0.717) is 29.9 Å². The summed E-state index contributed by atoms with van der Waals surface area (Å²) in [6, 6.07) is 5.15. The SMILES string of the molecule is CC(O)CCNc1cc(N)ccc1C(=O)N(C)C. The summed E-state index contributed by atoms with van der Waals surface area (Å²) in [5, 5.41) is 12.3. The first-order valence-electron chi connectivity index (χ1n) is 5.95. The molecule has 0 fully saturated rings. The molecule has 0 aliphatic heterocycles. The van der Waals surface area contributed by atoms with Crippen LogP contribution in [-0.2, 0) is 0 Å². The molecule has 0 aliphatic rings. The van der Waals surface area contributed by atoms with E-state index in [0.717, 1.165) is 0 Å². The lowest BCUT2D eigenvalue weighted by Crippen LogP contribution is -2.23. The fourth-order valence-corrected chi connectivity index (χ4v) is 1.55. The highest BCUT2D eigenvalue weighted by Gasteiger charge is 2.13. The molecule has 100 valence electrons. The van der Waals surface area contributed by atoms with Gasteiger partial charge in [-0.25, -0.2) is 0 Å². The fourth-order valence-electron chi connectivity index (χ4n) is 1.55. The maximum atomic E-state index is 12.0. The molecule has 0 saturated heterocycles. The molecule has 0 saturated carbocycles. The van der Waals surface area contributed by atoms with Crippen LogP contribution >= 0.6 is 0 Å². The minimum absolute atomic E-state index is 0.0745. The minimum Gasteiger partial charge on any atom is -0.399 e. The summed E-state index contributed by atoms with van der Waals surface area (Å²) in [6.07, 6.45) is 0.247. The quantitative estimate of drug-likeness (QED) is 0.686. The first kappa shape index (κ1) is 14.3. The van der Waals surface area contributed by atoms with Crippen molar-refractivity contribution in [1.29, 1.82) is 0 Å². The second-order valence-corrected chi connectivity index (χ2v) is 4.57. The third-order valence-corrected chi connectivity index (χ3v) is 2.56. The zero-order chi connectivity index (χ0) is 13.7. The molecule has 1 aromatic rings. The molecule has 0 aliphatic carbocycles. The van der Waals surface area contributed by atoms with Crippen molar-refractivity contribution >= 4 is 17.3 Å². The number of aliphatic hydroxyl groups is 1. The first-order valence-corrected chi connectivity index (χ1v) is 5.95. The smallest absolute Gasteiger partial charge is 0.255 e. The van der Waals surface area contributed by atoms with Crippen LogP contribution in [0.2, 0.25) is 0 Å². The van der Waals surface area contributed by atoms with Crippen molar-refractivity contribution in [2.24, 2.45) is 0 Å². The van der Waals surface area contributed by atoms with Gasteiger partial charge in [-0.3, -0.25) is 4.79 Å². The maximum absolute atomic E-state index is 12.0. The number of hydrogen-bond donors (Lipinski definition) is 3. The topological polar surface area (TPSA) is 78.6 Å². The van der Waals surface area contributed by atoms with Gasteiger partial charge in [-0.2, -0.15) is 0 Å². The lowest BCUT2D eigenvalue weighted by molar-refractivity contribution is 0.0828. The van der Waals surface area contributed by atoms with Crippen molar-refractivity contribution in [3.05, 3.63) is 23.8 Å². The summed E-state index contributed by atoms with van der Waals surface area (Å²) in [7, 11) is 3.41. The van der Waals surface area contributed by atoms with Gasteiger partial charge in [0.25, 0.3) is 5.91 Å². The third-order valence-electron chi connectivity index (χ3n) is 2.56. The van der Waals surface area contributed by atoms with E-state index < -0.39 is 0 Å². The van der Waals surface area contributed by atoms with E-state index in [1.165, 1.54) is 4.90 Å². The summed E-state index contributed by atoms with van der Waals surface area (Å²) < 4.78 is 0. The highest BCUT2D eigenvalue weighted by Crippen LogP contribution is 2.20. The van der Waals surface area contributed by atoms with Crippen LogP contribution in [0.5, 0.6) is 0 Å². The molecule has 1 rings (SSSR count). The molecule has 0 radical (unpaired) electrons. The Morgan fingerprint density at radius 2 is 2.17 bits per heavy atom. The number of benzene rings is 1. The van der Waals surface area contributed by atoms with E-state index >= 15 is 0 Å².